The largest absolute Gasteiger partial charge is 0.360 e. The van der Waals surface area contributed by atoms with Crippen LogP contribution in [0.2, 0.25) is 10.0 Å². The molecule has 0 amide bonds. The topological polar surface area (TPSA) is 40.7 Å². The summed E-state index contributed by atoms with van der Waals surface area (Å²) in [5.74, 6) is 0. The Balaban J connectivity index is 1.58. The third-order valence-corrected chi connectivity index (χ3v) is 4.64. The van der Waals surface area contributed by atoms with Crippen molar-refractivity contribution >= 4 is 34.5 Å². The van der Waals surface area contributed by atoms with Gasteiger partial charge in [0.25, 0.3) is 0 Å². The number of aromatic amines is 1. The Kier molecular flexibility index (Phi) is 4.60. The van der Waals surface area contributed by atoms with E-state index in [1.165, 1.54) is 0 Å². The fraction of sp³-hybridized carbons (Fsp3) is 0.133. The third kappa shape index (κ3) is 3.66. The molecule has 0 spiro atoms. The second kappa shape index (κ2) is 6.62. The number of hydrogen-bond acceptors (Lipinski definition) is 3. The molecule has 2 N–H and O–H groups in total. The Morgan fingerprint density at radius 1 is 1.19 bits per heavy atom. The van der Waals surface area contributed by atoms with Gasteiger partial charge in [0.2, 0.25) is 0 Å². The van der Waals surface area contributed by atoms with Gasteiger partial charge < -0.3 is 10.3 Å². The lowest BCUT2D eigenvalue weighted by Crippen LogP contribution is -2.12. The predicted molar refractivity (Wildman–Crippen MR) is 88.9 cm³/mol. The molecule has 3 nitrogen and oxygen atoms in total. The molecule has 108 valence electrons. The van der Waals surface area contributed by atoms with Crippen molar-refractivity contribution in [3.8, 4) is 10.6 Å². The molecule has 3 rings (SSSR count). The Morgan fingerprint density at radius 3 is 2.86 bits per heavy atom. The Morgan fingerprint density at radius 2 is 2.10 bits per heavy atom. The highest BCUT2D eigenvalue weighted by atomic mass is 35.5. The van der Waals surface area contributed by atoms with E-state index in [9.17, 15) is 0 Å². The minimum atomic E-state index is 0.652. The van der Waals surface area contributed by atoms with Gasteiger partial charge in [0.1, 0.15) is 5.01 Å². The molecule has 0 atom stereocenters. The lowest BCUT2D eigenvalue weighted by Gasteiger charge is -2.05. The van der Waals surface area contributed by atoms with Gasteiger partial charge in [-0.25, -0.2) is 4.98 Å². The molecule has 6 heteroatoms. The number of halogens is 2. The lowest BCUT2D eigenvalue weighted by molar-refractivity contribution is 0.690. The van der Waals surface area contributed by atoms with E-state index in [1.807, 2.05) is 36.7 Å². The Bertz CT molecular complexity index is 722. The van der Waals surface area contributed by atoms with Crippen molar-refractivity contribution in [2.75, 3.05) is 0 Å². The monoisotopic (exact) mass is 337 g/mol. The first-order valence-electron chi connectivity index (χ1n) is 6.45. The van der Waals surface area contributed by atoms with Gasteiger partial charge in [-0.1, -0.05) is 29.3 Å². The smallest absolute Gasteiger partial charge is 0.107 e. The molecule has 1 aromatic carbocycles. The zero-order valence-corrected chi connectivity index (χ0v) is 13.4. The summed E-state index contributed by atoms with van der Waals surface area (Å²) in [7, 11) is 0. The van der Waals surface area contributed by atoms with Gasteiger partial charge in [0.15, 0.2) is 0 Å². The van der Waals surface area contributed by atoms with Crippen molar-refractivity contribution < 1.29 is 0 Å². The van der Waals surface area contributed by atoms with E-state index in [2.05, 4.69) is 15.3 Å². The highest BCUT2D eigenvalue weighted by Gasteiger charge is 2.05. The van der Waals surface area contributed by atoms with Gasteiger partial charge in [0.05, 0.1) is 10.6 Å². The number of nitrogens with one attached hydrogen (secondary N) is 2. The maximum Gasteiger partial charge on any atom is 0.107 e. The van der Waals surface area contributed by atoms with Gasteiger partial charge >= 0.3 is 0 Å². The van der Waals surface area contributed by atoms with Crippen LogP contribution < -0.4 is 5.32 Å². The van der Waals surface area contributed by atoms with Crippen molar-refractivity contribution in [2.24, 2.45) is 0 Å². The molecule has 2 aromatic heterocycles. The van der Waals surface area contributed by atoms with Crippen molar-refractivity contribution in [1.82, 2.24) is 15.3 Å². The van der Waals surface area contributed by atoms with Gasteiger partial charge in [-0.15, -0.1) is 11.3 Å². The minimum Gasteiger partial charge on any atom is -0.360 e. The molecular weight excluding hydrogens is 325 g/mol. The fourth-order valence-corrected chi connectivity index (χ4v) is 3.32. The van der Waals surface area contributed by atoms with Crippen molar-refractivity contribution in [3.63, 3.8) is 0 Å². The molecule has 0 fully saturated rings. The van der Waals surface area contributed by atoms with E-state index in [0.29, 0.717) is 23.1 Å². The van der Waals surface area contributed by atoms with Crippen LogP contribution in [-0.2, 0) is 13.1 Å². The van der Waals surface area contributed by atoms with Crippen LogP contribution in [0.3, 0.4) is 0 Å². The predicted octanol–water partition coefficient (Wildman–Crippen LogP) is 4.73. The van der Waals surface area contributed by atoms with Gasteiger partial charge in [0, 0.05) is 35.5 Å². The SMILES string of the molecule is Clc1ccc(CNCc2ncc(-c3ccc[nH]3)s2)c(Cl)c1. The second-order valence-electron chi connectivity index (χ2n) is 4.54. The van der Waals surface area contributed by atoms with E-state index in [-0.39, 0.29) is 0 Å². The van der Waals surface area contributed by atoms with Gasteiger partial charge in [-0.3, -0.25) is 0 Å². The van der Waals surface area contributed by atoms with Crippen molar-refractivity contribution in [3.05, 3.63) is 63.3 Å². The van der Waals surface area contributed by atoms with E-state index in [0.717, 1.165) is 21.1 Å². The van der Waals surface area contributed by atoms with E-state index in [1.54, 1.807) is 17.4 Å². The number of H-pyrrole nitrogens is 1. The van der Waals surface area contributed by atoms with Crippen LogP contribution in [0.5, 0.6) is 0 Å². The standard InChI is InChI=1S/C15H13Cl2N3S/c16-11-4-3-10(12(17)6-11)7-18-9-15-20-8-14(21-15)13-2-1-5-19-13/h1-6,8,18-19H,7,9H2. The van der Waals surface area contributed by atoms with Crippen molar-refractivity contribution in [1.29, 1.82) is 0 Å². The minimum absolute atomic E-state index is 0.652. The molecule has 0 aliphatic heterocycles. The van der Waals surface area contributed by atoms with Crippen LogP contribution >= 0.6 is 34.5 Å². The summed E-state index contributed by atoms with van der Waals surface area (Å²) >= 11 is 13.7. The van der Waals surface area contributed by atoms with E-state index >= 15 is 0 Å². The highest BCUT2D eigenvalue weighted by Crippen LogP contribution is 2.24. The summed E-state index contributed by atoms with van der Waals surface area (Å²) in [6.07, 6.45) is 3.80. The van der Waals surface area contributed by atoms with Crippen LogP contribution in [0.4, 0.5) is 0 Å². The van der Waals surface area contributed by atoms with Crippen LogP contribution in [0.1, 0.15) is 10.6 Å². The van der Waals surface area contributed by atoms with Gasteiger partial charge in [-0.05, 0) is 29.8 Å². The number of nitrogens with zero attached hydrogens (tertiary/aromatic N) is 1. The van der Waals surface area contributed by atoms with E-state index < -0.39 is 0 Å². The second-order valence-corrected chi connectivity index (χ2v) is 6.50. The molecule has 0 radical (unpaired) electrons. The molecular formula is C15H13Cl2N3S. The molecule has 0 aliphatic rings. The van der Waals surface area contributed by atoms with Gasteiger partial charge in [-0.2, -0.15) is 0 Å². The Labute approximate surface area is 137 Å². The molecule has 0 aliphatic carbocycles. The maximum absolute atomic E-state index is 6.14. The summed E-state index contributed by atoms with van der Waals surface area (Å²) < 4.78 is 0. The first-order chi connectivity index (χ1) is 10.2. The molecule has 2 heterocycles. The fourth-order valence-electron chi connectivity index (χ4n) is 1.97. The molecule has 21 heavy (non-hydrogen) atoms. The number of hydrogen-bond donors (Lipinski definition) is 2. The Hall–Kier alpha value is -1.33. The lowest BCUT2D eigenvalue weighted by atomic mass is 10.2. The quantitative estimate of drug-likeness (QED) is 0.706. The summed E-state index contributed by atoms with van der Waals surface area (Å²) in [6, 6.07) is 9.56. The zero-order valence-electron chi connectivity index (χ0n) is 11.1. The number of benzene rings is 1. The van der Waals surface area contributed by atoms with Crippen LogP contribution in [0, 0.1) is 0 Å². The first-order valence-corrected chi connectivity index (χ1v) is 8.03. The summed E-state index contributed by atoms with van der Waals surface area (Å²) in [5, 5.41) is 5.73. The zero-order chi connectivity index (χ0) is 14.7. The molecule has 0 bridgehead atoms. The first kappa shape index (κ1) is 14.6. The molecule has 3 aromatic rings. The highest BCUT2D eigenvalue weighted by molar-refractivity contribution is 7.15. The number of aromatic nitrogens is 2. The third-order valence-electron chi connectivity index (χ3n) is 3.02. The molecule has 0 saturated carbocycles. The van der Waals surface area contributed by atoms with Crippen LogP contribution in [0.25, 0.3) is 10.6 Å². The van der Waals surface area contributed by atoms with Crippen LogP contribution in [0.15, 0.2) is 42.7 Å². The van der Waals surface area contributed by atoms with E-state index in [4.69, 9.17) is 23.2 Å². The summed E-state index contributed by atoms with van der Waals surface area (Å²) in [5.41, 5.74) is 2.13. The maximum atomic E-state index is 6.14. The molecule has 0 unspecified atom stereocenters. The number of rotatable bonds is 5. The normalized spacial score (nSPS) is 11.0. The molecule has 0 saturated heterocycles. The average Bonchev–Trinajstić information content (AvgIpc) is 3.11. The summed E-state index contributed by atoms with van der Waals surface area (Å²) in [6.45, 7) is 1.40. The number of thiazole rings is 1. The van der Waals surface area contributed by atoms with Crippen molar-refractivity contribution in [2.45, 2.75) is 13.1 Å². The average molecular weight is 338 g/mol. The summed E-state index contributed by atoms with van der Waals surface area (Å²) in [4.78, 5) is 8.74. The van der Waals surface area contributed by atoms with Crippen LogP contribution in [-0.4, -0.2) is 9.97 Å².